The van der Waals surface area contributed by atoms with E-state index < -0.39 is 18.1 Å². The van der Waals surface area contributed by atoms with Crippen LogP contribution in [0.4, 0.5) is 13.2 Å². The summed E-state index contributed by atoms with van der Waals surface area (Å²) in [5.41, 5.74) is 5.40. The topological polar surface area (TPSA) is 26.0 Å². The fourth-order valence-corrected chi connectivity index (χ4v) is 2.43. The molecule has 72 valence electrons. The Balaban J connectivity index is 2.61. The number of hydrogen-bond acceptors (Lipinski definition) is 1. The maximum atomic E-state index is 12.3. The molecule has 0 spiro atoms. The molecule has 1 saturated carbocycles. The molecule has 0 bridgehead atoms. The summed E-state index contributed by atoms with van der Waals surface area (Å²) < 4.78 is 37.0. The Kier molecular flexibility index (Phi) is 3.25. The molecule has 0 aliphatic heterocycles. The highest BCUT2D eigenvalue weighted by Crippen LogP contribution is 2.39. The first-order chi connectivity index (χ1) is 5.41. The third-order valence-electron chi connectivity index (χ3n) is 2.26. The molecule has 1 rings (SSSR count). The fourth-order valence-electron chi connectivity index (χ4n) is 1.52. The van der Waals surface area contributed by atoms with E-state index in [-0.39, 0.29) is 10.3 Å². The minimum atomic E-state index is -4.11. The minimum Gasteiger partial charge on any atom is -0.327 e. The molecule has 1 nitrogen and oxygen atoms in total. The molecule has 0 aromatic rings. The maximum Gasteiger partial charge on any atom is 0.393 e. The van der Waals surface area contributed by atoms with Crippen LogP contribution < -0.4 is 5.73 Å². The third-order valence-corrected chi connectivity index (χ3v) is 3.39. The van der Waals surface area contributed by atoms with Crippen LogP contribution in [0.2, 0.25) is 0 Å². The summed E-state index contributed by atoms with van der Waals surface area (Å²) in [4.78, 5) is 0. The van der Waals surface area contributed by atoms with E-state index in [1.165, 1.54) is 0 Å². The van der Waals surface area contributed by atoms with Crippen molar-refractivity contribution in [3.8, 4) is 0 Å². The molecule has 0 aromatic carbocycles. The average molecular weight is 293 g/mol. The van der Waals surface area contributed by atoms with Crippen molar-refractivity contribution in [2.45, 2.75) is 35.4 Å². The second kappa shape index (κ2) is 3.69. The van der Waals surface area contributed by atoms with Gasteiger partial charge in [0.2, 0.25) is 0 Å². The highest BCUT2D eigenvalue weighted by molar-refractivity contribution is 14.1. The summed E-state index contributed by atoms with van der Waals surface area (Å²) in [7, 11) is 0. The molecule has 12 heavy (non-hydrogen) atoms. The van der Waals surface area contributed by atoms with Gasteiger partial charge in [0.05, 0.1) is 5.92 Å². The summed E-state index contributed by atoms with van der Waals surface area (Å²) in [6, 6.07) is -0.684. The van der Waals surface area contributed by atoms with Crippen molar-refractivity contribution in [1.82, 2.24) is 0 Å². The van der Waals surface area contributed by atoms with Gasteiger partial charge < -0.3 is 5.73 Å². The second-order valence-corrected chi connectivity index (χ2v) is 4.98. The Morgan fingerprint density at radius 2 is 1.83 bits per heavy atom. The first kappa shape index (κ1) is 10.6. The van der Waals surface area contributed by atoms with Crippen LogP contribution in [0, 0.1) is 5.92 Å². The molecule has 1 aliphatic carbocycles. The maximum absolute atomic E-state index is 12.3. The molecule has 0 aromatic heterocycles. The van der Waals surface area contributed by atoms with E-state index in [1.807, 2.05) is 0 Å². The monoisotopic (exact) mass is 293 g/mol. The number of nitrogens with two attached hydrogens (primary N) is 1. The number of halogens is 4. The van der Waals surface area contributed by atoms with Gasteiger partial charge in [0.1, 0.15) is 0 Å². The zero-order valence-corrected chi connectivity index (χ0v) is 8.60. The highest BCUT2D eigenvalue weighted by Gasteiger charge is 2.45. The average Bonchev–Trinajstić information content (AvgIpc) is 1.92. The summed E-state index contributed by atoms with van der Waals surface area (Å²) in [5, 5.41) is 0. The third kappa shape index (κ3) is 2.48. The first-order valence-corrected chi connectivity index (χ1v) is 5.12. The second-order valence-electron chi connectivity index (χ2n) is 3.22. The quantitative estimate of drug-likeness (QED) is 0.539. The first-order valence-electron chi connectivity index (χ1n) is 3.87. The van der Waals surface area contributed by atoms with Crippen molar-refractivity contribution in [2.75, 3.05) is 0 Å². The number of alkyl halides is 4. The molecule has 0 amide bonds. The normalized spacial score (nSPS) is 38.2. The van der Waals surface area contributed by atoms with Gasteiger partial charge in [0, 0.05) is 9.97 Å². The van der Waals surface area contributed by atoms with Gasteiger partial charge in [0.15, 0.2) is 0 Å². The lowest BCUT2D eigenvalue weighted by Gasteiger charge is -2.32. The van der Waals surface area contributed by atoms with E-state index >= 15 is 0 Å². The van der Waals surface area contributed by atoms with Gasteiger partial charge in [-0.05, 0) is 19.3 Å². The van der Waals surface area contributed by atoms with Crippen LogP contribution in [0.1, 0.15) is 19.3 Å². The van der Waals surface area contributed by atoms with E-state index in [9.17, 15) is 13.2 Å². The minimum absolute atomic E-state index is 0.133. The molecule has 0 radical (unpaired) electrons. The smallest absolute Gasteiger partial charge is 0.327 e. The number of hydrogen-bond donors (Lipinski definition) is 1. The van der Waals surface area contributed by atoms with Crippen LogP contribution >= 0.6 is 22.6 Å². The van der Waals surface area contributed by atoms with Crippen LogP contribution in [0.15, 0.2) is 0 Å². The standard InChI is InChI=1S/C7H11F3IN/c8-7(9,10)5-3-4(11)1-2-6(5)12/h4-6H,1-3,12H2. The molecule has 5 heteroatoms. The van der Waals surface area contributed by atoms with Gasteiger partial charge in [0.25, 0.3) is 0 Å². The van der Waals surface area contributed by atoms with Crippen LogP contribution in [0.3, 0.4) is 0 Å². The predicted octanol–water partition coefficient (Wildman–Crippen LogP) is 2.48. The molecule has 1 fully saturated rings. The largest absolute Gasteiger partial charge is 0.393 e. The van der Waals surface area contributed by atoms with Gasteiger partial charge in [-0.15, -0.1) is 0 Å². The molecule has 0 heterocycles. The molecule has 3 unspecified atom stereocenters. The van der Waals surface area contributed by atoms with Crippen LogP contribution in [0.25, 0.3) is 0 Å². The SMILES string of the molecule is NC1CCC(I)CC1C(F)(F)F. The summed E-state index contributed by atoms with van der Waals surface area (Å²) in [6.45, 7) is 0. The zero-order valence-electron chi connectivity index (χ0n) is 6.44. The summed E-state index contributed by atoms with van der Waals surface area (Å²) >= 11 is 2.07. The van der Waals surface area contributed by atoms with Gasteiger partial charge >= 0.3 is 6.18 Å². The lowest BCUT2D eigenvalue weighted by atomic mass is 9.85. The van der Waals surface area contributed by atoms with Crippen molar-refractivity contribution < 1.29 is 13.2 Å². The van der Waals surface area contributed by atoms with Crippen LogP contribution in [-0.2, 0) is 0 Å². The molecule has 1 aliphatic rings. The van der Waals surface area contributed by atoms with E-state index in [4.69, 9.17) is 5.73 Å². The lowest BCUT2D eigenvalue weighted by molar-refractivity contribution is -0.185. The molecular formula is C7H11F3IN. The van der Waals surface area contributed by atoms with Gasteiger partial charge in [-0.25, -0.2) is 0 Å². The van der Waals surface area contributed by atoms with Crippen molar-refractivity contribution >= 4 is 22.6 Å². The van der Waals surface area contributed by atoms with Gasteiger partial charge in [-0.1, -0.05) is 22.6 Å². The molecule has 0 saturated heterocycles. The van der Waals surface area contributed by atoms with Crippen LogP contribution in [-0.4, -0.2) is 16.1 Å². The lowest BCUT2D eigenvalue weighted by Crippen LogP contribution is -2.44. The zero-order chi connectivity index (χ0) is 9.35. The van der Waals surface area contributed by atoms with E-state index in [2.05, 4.69) is 22.6 Å². The number of rotatable bonds is 0. The van der Waals surface area contributed by atoms with E-state index in [0.717, 1.165) is 6.42 Å². The molecule has 3 atom stereocenters. The molecule has 2 N–H and O–H groups in total. The van der Waals surface area contributed by atoms with Crippen molar-refractivity contribution in [3.63, 3.8) is 0 Å². The Morgan fingerprint density at radius 3 is 2.25 bits per heavy atom. The Labute approximate surface area is 83.0 Å². The van der Waals surface area contributed by atoms with Crippen molar-refractivity contribution in [2.24, 2.45) is 11.7 Å². The summed E-state index contributed by atoms with van der Waals surface area (Å²) in [5.74, 6) is -1.28. The van der Waals surface area contributed by atoms with E-state index in [1.54, 1.807) is 0 Å². The fraction of sp³-hybridized carbons (Fsp3) is 1.00. The Morgan fingerprint density at radius 1 is 1.25 bits per heavy atom. The highest BCUT2D eigenvalue weighted by atomic mass is 127. The predicted molar refractivity (Wildman–Crippen MR) is 49.2 cm³/mol. The Hall–Kier alpha value is 0.480. The van der Waals surface area contributed by atoms with Gasteiger partial charge in [-0.3, -0.25) is 0 Å². The van der Waals surface area contributed by atoms with Crippen molar-refractivity contribution in [1.29, 1.82) is 0 Å². The summed E-state index contributed by atoms with van der Waals surface area (Å²) in [6.07, 6.45) is -2.61. The van der Waals surface area contributed by atoms with Gasteiger partial charge in [-0.2, -0.15) is 13.2 Å². The van der Waals surface area contributed by atoms with Crippen molar-refractivity contribution in [3.05, 3.63) is 0 Å². The van der Waals surface area contributed by atoms with Crippen LogP contribution in [0.5, 0.6) is 0 Å². The van der Waals surface area contributed by atoms with E-state index in [0.29, 0.717) is 6.42 Å². The Bertz CT molecular complexity index is 159. The molecular weight excluding hydrogens is 282 g/mol.